The highest BCUT2D eigenvalue weighted by molar-refractivity contribution is 7.99. The summed E-state index contributed by atoms with van der Waals surface area (Å²) in [6, 6.07) is 18.2. The first-order chi connectivity index (χ1) is 16.8. The third-order valence-electron chi connectivity index (χ3n) is 5.44. The molecule has 0 aliphatic heterocycles. The number of nitrogens with zero attached hydrogens (tertiary/aromatic N) is 1. The average molecular weight is 554 g/mol. The molecular weight excluding hydrogens is 530 g/mol. The molecule has 0 radical (unpaired) electrons. The largest absolute Gasteiger partial charge is 0.357 e. The molecule has 0 fully saturated rings. The van der Waals surface area contributed by atoms with Crippen LogP contribution in [-0.4, -0.2) is 35.6 Å². The summed E-state index contributed by atoms with van der Waals surface area (Å²) in [7, 11) is 1.53. The van der Waals surface area contributed by atoms with Gasteiger partial charge in [0.25, 0.3) is 0 Å². The van der Waals surface area contributed by atoms with E-state index in [0.29, 0.717) is 32.6 Å². The van der Waals surface area contributed by atoms with Crippen LogP contribution in [0.2, 0.25) is 15.1 Å². The van der Waals surface area contributed by atoms with Crippen LogP contribution in [0.1, 0.15) is 16.7 Å². The molecule has 0 unspecified atom stereocenters. The quantitative estimate of drug-likeness (QED) is 0.316. The van der Waals surface area contributed by atoms with E-state index in [1.165, 1.54) is 35.8 Å². The van der Waals surface area contributed by atoms with Gasteiger partial charge in [-0.3, -0.25) is 9.59 Å². The molecule has 9 heteroatoms. The number of benzene rings is 3. The summed E-state index contributed by atoms with van der Waals surface area (Å²) < 4.78 is 14.2. The molecule has 0 saturated heterocycles. The monoisotopic (exact) mass is 552 g/mol. The fourth-order valence-electron chi connectivity index (χ4n) is 3.57. The molecule has 184 valence electrons. The Morgan fingerprint density at radius 3 is 2.11 bits per heavy atom. The van der Waals surface area contributed by atoms with Crippen molar-refractivity contribution in [1.82, 2.24) is 10.2 Å². The highest BCUT2D eigenvalue weighted by Crippen LogP contribution is 2.28. The van der Waals surface area contributed by atoms with E-state index in [2.05, 4.69) is 5.32 Å². The van der Waals surface area contributed by atoms with Crippen LogP contribution in [-0.2, 0) is 28.3 Å². The van der Waals surface area contributed by atoms with Crippen molar-refractivity contribution in [3.63, 3.8) is 0 Å². The van der Waals surface area contributed by atoms with Gasteiger partial charge in [-0.15, -0.1) is 11.8 Å². The minimum Gasteiger partial charge on any atom is -0.357 e. The summed E-state index contributed by atoms with van der Waals surface area (Å²) in [6.45, 7) is 0.0449. The van der Waals surface area contributed by atoms with Gasteiger partial charge in [0.05, 0.1) is 5.75 Å². The first-order valence-corrected chi connectivity index (χ1v) is 13.1. The summed E-state index contributed by atoms with van der Waals surface area (Å²) in [5, 5.41) is 3.76. The minimum absolute atomic E-state index is 0.00895. The lowest BCUT2D eigenvalue weighted by molar-refractivity contribution is -0.139. The zero-order chi connectivity index (χ0) is 25.4. The molecule has 0 heterocycles. The molecule has 0 spiro atoms. The number of nitrogens with one attached hydrogen (secondary N) is 1. The average Bonchev–Trinajstić information content (AvgIpc) is 2.84. The van der Waals surface area contributed by atoms with E-state index in [9.17, 15) is 14.0 Å². The number of thioether (sulfide) groups is 1. The van der Waals surface area contributed by atoms with Gasteiger partial charge in [-0.05, 0) is 29.8 Å². The summed E-state index contributed by atoms with van der Waals surface area (Å²) >= 11 is 20.1. The lowest BCUT2D eigenvalue weighted by Crippen LogP contribution is -2.50. The Morgan fingerprint density at radius 1 is 0.914 bits per heavy atom. The number of rotatable bonds is 10. The number of carbonyl (C=O) groups is 2. The number of likely N-dealkylation sites (N-methyl/N-ethyl adjacent to an activating group) is 1. The van der Waals surface area contributed by atoms with E-state index in [1.807, 2.05) is 30.3 Å². The van der Waals surface area contributed by atoms with Crippen molar-refractivity contribution in [2.45, 2.75) is 24.8 Å². The van der Waals surface area contributed by atoms with Gasteiger partial charge in [0, 0.05) is 52.0 Å². The maximum absolute atomic E-state index is 14.2. The minimum atomic E-state index is -0.806. The Hall–Kier alpha value is -2.25. The molecule has 1 N–H and O–H groups in total. The topological polar surface area (TPSA) is 49.4 Å². The molecule has 0 aliphatic carbocycles. The van der Waals surface area contributed by atoms with Gasteiger partial charge in [-0.25, -0.2) is 4.39 Å². The maximum Gasteiger partial charge on any atom is 0.242 e. The van der Waals surface area contributed by atoms with Gasteiger partial charge in [0.2, 0.25) is 11.8 Å². The Morgan fingerprint density at radius 2 is 1.51 bits per heavy atom. The number of hydrogen-bond acceptors (Lipinski definition) is 3. The lowest BCUT2D eigenvalue weighted by atomic mass is 10.0. The number of amides is 2. The van der Waals surface area contributed by atoms with E-state index in [0.717, 1.165) is 5.56 Å². The molecule has 35 heavy (non-hydrogen) atoms. The first-order valence-electron chi connectivity index (χ1n) is 10.8. The van der Waals surface area contributed by atoms with Crippen LogP contribution in [0.25, 0.3) is 0 Å². The smallest absolute Gasteiger partial charge is 0.242 e. The molecule has 2 amide bonds. The van der Waals surface area contributed by atoms with Gasteiger partial charge >= 0.3 is 0 Å². The standard InChI is InChI=1S/C26H24Cl3FN2O2S/c1-31-26(34)24(13-17-7-3-2-4-8-17)32(14-18-20(27)9-5-10-21(18)28)25(33)16-35-15-19-22(29)11-6-12-23(19)30/h2-12,24H,13-16H2,1H3,(H,31,34)/t24-/m1/s1. The van der Waals surface area contributed by atoms with E-state index in [-0.39, 0.29) is 29.9 Å². The highest BCUT2D eigenvalue weighted by Gasteiger charge is 2.30. The molecule has 1 atom stereocenters. The van der Waals surface area contributed by atoms with Crippen LogP contribution in [0.4, 0.5) is 4.39 Å². The van der Waals surface area contributed by atoms with Gasteiger partial charge in [0.15, 0.2) is 0 Å². The molecular formula is C26H24Cl3FN2O2S. The van der Waals surface area contributed by atoms with E-state index >= 15 is 0 Å². The Kier molecular flexibility index (Phi) is 10.3. The second kappa shape index (κ2) is 13.2. The lowest BCUT2D eigenvalue weighted by Gasteiger charge is -2.31. The second-order valence-corrected chi connectivity index (χ2v) is 9.94. The van der Waals surface area contributed by atoms with Crippen LogP contribution in [0.15, 0.2) is 66.7 Å². The van der Waals surface area contributed by atoms with Crippen LogP contribution in [0.3, 0.4) is 0 Å². The van der Waals surface area contributed by atoms with Gasteiger partial charge in [0.1, 0.15) is 11.9 Å². The van der Waals surface area contributed by atoms with Crippen LogP contribution in [0, 0.1) is 5.82 Å². The summed E-state index contributed by atoms with van der Waals surface area (Å²) in [5.74, 6) is -0.823. The van der Waals surface area contributed by atoms with Crippen molar-refractivity contribution in [1.29, 1.82) is 0 Å². The molecule has 3 rings (SSSR count). The van der Waals surface area contributed by atoms with Crippen molar-refractivity contribution in [3.8, 4) is 0 Å². The van der Waals surface area contributed by atoms with E-state index < -0.39 is 11.9 Å². The Labute approximate surface area is 223 Å². The van der Waals surface area contributed by atoms with Gasteiger partial charge < -0.3 is 10.2 Å². The van der Waals surface area contributed by atoms with Crippen molar-refractivity contribution in [2.24, 2.45) is 0 Å². The number of halogens is 4. The summed E-state index contributed by atoms with van der Waals surface area (Å²) in [4.78, 5) is 27.9. The molecule has 3 aromatic rings. The molecule has 0 bridgehead atoms. The zero-order valence-corrected chi connectivity index (χ0v) is 22.0. The summed E-state index contributed by atoms with van der Waals surface area (Å²) in [6.07, 6.45) is 0.304. The molecule has 0 aliphatic rings. The SMILES string of the molecule is CNC(=O)[C@@H](Cc1ccccc1)N(Cc1c(Cl)cccc1Cl)C(=O)CSCc1c(F)cccc1Cl. The third kappa shape index (κ3) is 7.37. The van der Waals surface area contributed by atoms with Crippen molar-refractivity contribution in [3.05, 3.63) is 104 Å². The first kappa shape index (κ1) is 27.3. The fraction of sp³-hybridized carbons (Fsp3) is 0.231. The molecule has 0 aromatic heterocycles. The van der Waals surface area contributed by atoms with E-state index in [1.54, 1.807) is 24.3 Å². The normalized spacial score (nSPS) is 11.7. The van der Waals surface area contributed by atoms with Gasteiger partial charge in [-0.2, -0.15) is 0 Å². The molecule has 3 aromatic carbocycles. The maximum atomic E-state index is 14.2. The number of hydrogen-bond donors (Lipinski definition) is 1. The van der Waals surface area contributed by atoms with E-state index in [4.69, 9.17) is 34.8 Å². The second-order valence-electron chi connectivity index (χ2n) is 7.73. The Bertz CT molecular complexity index is 1140. The predicted molar refractivity (Wildman–Crippen MR) is 143 cm³/mol. The predicted octanol–water partition coefficient (Wildman–Crippen LogP) is 6.41. The fourth-order valence-corrected chi connectivity index (χ4v) is 5.33. The molecule has 4 nitrogen and oxygen atoms in total. The van der Waals surface area contributed by atoms with Crippen molar-refractivity contribution in [2.75, 3.05) is 12.8 Å². The molecule has 0 saturated carbocycles. The highest BCUT2D eigenvalue weighted by atomic mass is 35.5. The number of carbonyl (C=O) groups excluding carboxylic acids is 2. The van der Waals surface area contributed by atoms with Crippen LogP contribution in [0.5, 0.6) is 0 Å². The third-order valence-corrected chi connectivity index (χ3v) is 7.45. The zero-order valence-electron chi connectivity index (χ0n) is 18.9. The van der Waals surface area contributed by atoms with Crippen LogP contribution >= 0.6 is 46.6 Å². The van der Waals surface area contributed by atoms with Crippen molar-refractivity contribution < 1.29 is 14.0 Å². The van der Waals surface area contributed by atoms with Gasteiger partial charge in [-0.1, -0.05) is 77.3 Å². The van der Waals surface area contributed by atoms with Crippen molar-refractivity contribution >= 4 is 58.4 Å². The van der Waals surface area contributed by atoms with Crippen LogP contribution < -0.4 is 5.32 Å². The Balaban J connectivity index is 1.88. The summed E-state index contributed by atoms with van der Waals surface area (Å²) in [5.41, 5.74) is 1.78.